The Morgan fingerprint density at radius 3 is 2.41 bits per heavy atom. The normalized spacial score (nSPS) is 15.8. The van der Waals surface area contributed by atoms with Gasteiger partial charge in [0.1, 0.15) is 11.3 Å². The number of piperazine rings is 1. The molecule has 0 amide bonds. The minimum Gasteiger partial charge on any atom is -0.309 e. The zero-order chi connectivity index (χ0) is 22.1. The van der Waals surface area contributed by atoms with Crippen LogP contribution >= 0.6 is 0 Å². The van der Waals surface area contributed by atoms with E-state index in [0.717, 1.165) is 66.9 Å². The minimum absolute atomic E-state index is 0.253. The first-order chi connectivity index (χ1) is 15.6. The molecule has 0 spiro atoms. The highest BCUT2D eigenvalue weighted by atomic mass is 15.3. The van der Waals surface area contributed by atoms with Gasteiger partial charge in [-0.15, -0.1) is 0 Å². The average Bonchev–Trinajstić information content (AvgIpc) is 3.26. The highest BCUT2D eigenvalue weighted by Crippen LogP contribution is 2.26. The van der Waals surface area contributed by atoms with Crippen LogP contribution in [-0.4, -0.2) is 67.3 Å². The second kappa shape index (κ2) is 8.80. The highest BCUT2D eigenvalue weighted by Gasteiger charge is 2.16. The van der Waals surface area contributed by atoms with Crippen molar-refractivity contribution < 1.29 is 0 Å². The van der Waals surface area contributed by atoms with Crippen molar-refractivity contribution in [2.75, 3.05) is 38.0 Å². The molecule has 1 aromatic carbocycles. The predicted molar refractivity (Wildman–Crippen MR) is 128 cm³/mol. The summed E-state index contributed by atoms with van der Waals surface area (Å²) in [5, 5.41) is 9.88. The van der Waals surface area contributed by atoms with Crippen molar-refractivity contribution in [1.82, 2.24) is 34.5 Å². The molecule has 1 fully saturated rings. The van der Waals surface area contributed by atoms with E-state index < -0.39 is 0 Å². The number of nitrogens with one attached hydrogen (secondary N) is 1. The molecule has 1 saturated heterocycles. The van der Waals surface area contributed by atoms with E-state index in [0.29, 0.717) is 5.95 Å². The lowest BCUT2D eigenvalue weighted by Crippen LogP contribution is -2.45. The maximum absolute atomic E-state index is 4.81. The van der Waals surface area contributed by atoms with Crippen LogP contribution in [0.25, 0.3) is 21.8 Å². The summed E-state index contributed by atoms with van der Waals surface area (Å²) in [4.78, 5) is 18.9. The Morgan fingerprint density at radius 2 is 1.69 bits per heavy atom. The number of likely N-dealkylation sites (N-methyl/N-ethyl adjacent to an activating group) is 1. The molecule has 0 radical (unpaired) electrons. The van der Waals surface area contributed by atoms with Crippen LogP contribution < -0.4 is 5.32 Å². The lowest BCUT2D eigenvalue weighted by Gasteiger charge is -2.33. The van der Waals surface area contributed by atoms with Gasteiger partial charge in [0.15, 0.2) is 0 Å². The van der Waals surface area contributed by atoms with Crippen LogP contribution in [0.5, 0.6) is 0 Å². The monoisotopic (exact) mass is 430 g/mol. The molecule has 0 unspecified atom stereocenters. The minimum atomic E-state index is 0.253. The zero-order valence-electron chi connectivity index (χ0n) is 19.0. The smallest absolute Gasteiger partial charge is 0.228 e. The molecule has 8 heteroatoms. The van der Waals surface area contributed by atoms with Crippen molar-refractivity contribution in [1.29, 1.82) is 0 Å². The number of fused-ring (bicyclic) bond motifs is 3. The van der Waals surface area contributed by atoms with Gasteiger partial charge in [0, 0.05) is 61.9 Å². The summed E-state index contributed by atoms with van der Waals surface area (Å²) in [5.74, 6) is 1.28. The second-order valence-electron chi connectivity index (χ2n) is 8.70. The molecule has 1 N–H and O–H groups in total. The van der Waals surface area contributed by atoms with Crippen molar-refractivity contribution in [3.8, 4) is 0 Å². The van der Waals surface area contributed by atoms with E-state index in [1.54, 1.807) is 0 Å². The van der Waals surface area contributed by atoms with Crippen LogP contribution in [0.4, 0.5) is 11.8 Å². The quantitative estimate of drug-likeness (QED) is 0.498. The van der Waals surface area contributed by atoms with E-state index in [2.05, 4.69) is 63.1 Å². The van der Waals surface area contributed by atoms with Crippen LogP contribution in [0, 0.1) is 0 Å². The Labute approximate surface area is 188 Å². The van der Waals surface area contributed by atoms with Gasteiger partial charge in [-0.05, 0) is 32.0 Å². The van der Waals surface area contributed by atoms with Gasteiger partial charge in [0.2, 0.25) is 5.95 Å². The fourth-order valence-corrected chi connectivity index (χ4v) is 4.31. The second-order valence-corrected chi connectivity index (χ2v) is 8.70. The predicted octanol–water partition coefficient (Wildman–Crippen LogP) is 3.84. The third kappa shape index (κ3) is 4.16. The van der Waals surface area contributed by atoms with Gasteiger partial charge in [0.25, 0.3) is 0 Å². The Bertz CT molecular complexity index is 1210. The molecule has 1 aliphatic heterocycles. The average molecular weight is 431 g/mol. The first kappa shape index (κ1) is 20.8. The van der Waals surface area contributed by atoms with E-state index in [-0.39, 0.29) is 6.04 Å². The van der Waals surface area contributed by atoms with Crippen molar-refractivity contribution in [3.63, 3.8) is 0 Å². The largest absolute Gasteiger partial charge is 0.309 e. The van der Waals surface area contributed by atoms with Gasteiger partial charge in [-0.2, -0.15) is 5.10 Å². The standard InChI is InChI=1S/C24H30N8/c1-4-30-9-11-31(12-10-30)16-18-5-8-21(25-13-18)28-24-26-14-19-6-7-20-15-27-32(17(2)3)23(20)22(19)29-24/h5-8,13-15,17H,4,9-12,16H2,1-3H3,(H,25,26,28,29). The van der Waals surface area contributed by atoms with Crippen LogP contribution in [-0.2, 0) is 6.54 Å². The molecule has 4 heterocycles. The number of nitrogens with zero attached hydrogens (tertiary/aromatic N) is 7. The third-order valence-corrected chi connectivity index (χ3v) is 6.18. The number of hydrogen-bond donors (Lipinski definition) is 1. The van der Waals surface area contributed by atoms with Crippen LogP contribution in [0.3, 0.4) is 0 Å². The van der Waals surface area contributed by atoms with Gasteiger partial charge >= 0.3 is 0 Å². The highest BCUT2D eigenvalue weighted by molar-refractivity contribution is 6.03. The molecular formula is C24H30N8. The summed E-state index contributed by atoms with van der Waals surface area (Å²) in [5.41, 5.74) is 3.16. The molecule has 166 valence electrons. The van der Waals surface area contributed by atoms with E-state index in [4.69, 9.17) is 4.98 Å². The molecule has 5 rings (SSSR count). The van der Waals surface area contributed by atoms with E-state index >= 15 is 0 Å². The number of aromatic nitrogens is 5. The molecule has 3 aromatic heterocycles. The summed E-state index contributed by atoms with van der Waals surface area (Å²) < 4.78 is 2.02. The number of hydrogen-bond acceptors (Lipinski definition) is 7. The van der Waals surface area contributed by atoms with Gasteiger partial charge in [-0.25, -0.2) is 15.0 Å². The molecular weight excluding hydrogens is 400 g/mol. The molecule has 1 aliphatic rings. The molecule has 0 atom stereocenters. The Morgan fingerprint density at radius 1 is 0.906 bits per heavy atom. The fraction of sp³-hybridized carbons (Fsp3) is 0.417. The molecule has 8 nitrogen and oxygen atoms in total. The molecule has 0 aliphatic carbocycles. The number of benzene rings is 1. The van der Waals surface area contributed by atoms with Crippen LogP contribution in [0.15, 0.2) is 42.9 Å². The number of anilines is 2. The van der Waals surface area contributed by atoms with Gasteiger partial charge in [-0.1, -0.05) is 25.1 Å². The summed E-state index contributed by atoms with van der Waals surface area (Å²) >= 11 is 0. The van der Waals surface area contributed by atoms with Crippen molar-refractivity contribution in [3.05, 3.63) is 48.4 Å². The summed E-state index contributed by atoms with van der Waals surface area (Å²) in [7, 11) is 0. The van der Waals surface area contributed by atoms with Gasteiger partial charge in [0.05, 0.1) is 11.7 Å². The van der Waals surface area contributed by atoms with E-state index in [1.165, 1.54) is 5.56 Å². The van der Waals surface area contributed by atoms with Crippen LogP contribution in [0.1, 0.15) is 32.4 Å². The fourth-order valence-electron chi connectivity index (χ4n) is 4.31. The number of pyridine rings is 1. The first-order valence-corrected chi connectivity index (χ1v) is 11.4. The maximum Gasteiger partial charge on any atom is 0.228 e. The summed E-state index contributed by atoms with van der Waals surface area (Å²) in [6.07, 6.45) is 5.69. The Balaban J connectivity index is 1.33. The van der Waals surface area contributed by atoms with Crippen molar-refractivity contribution >= 4 is 33.6 Å². The summed E-state index contributed by atoms with van der Waals surface area (Å²) in [6, 6.07) is 8.51. The van der Waals surface area contributed by atoms with E-state index in [9.17, 15) is 0 Å². The SMILES string of the molecule is CCN1CCN(Cc2ccc(Nc3ncc4ccc5cnn(C(C)C)c5c4n3)nc2)CC1. The first-order valence-electron chi connectivity index (χ1n) is 11.4. The van der Waals surface area contributed by atoms with E-state index in [1.807, 2.05) is 35.4 Å². The zero-order valence-corrected chi connectivity index (χ0v) is 19.0. The van der Waals surface area contributed by atoms with Crippen molar-refractivity contribution in [2.24, 2.45) is 0 Å². The third-order valence-electron chi connectivity index (χ3n) is 6.18. The molecule has 4 aromatic rings. The molecule has 32 heavy (non-hydrogen) atoms. The lowest BCUT2D eigenvalue weighted by atomic mass is 10.2. The van der Waals surface area contributed by atoms with Crippen molar-refractivity contribution in [2.45, 2.75) is 33.4 Å². The number of rotatable bonds is 6. The van der Waals surface area contributed by atoms with Gasteiger partial charge in [-0.3, -0.25) is 9.58 Å². The summed E-state index contributed by atoms with van der Waals surface area (Å²) in [6.45, 7) is 13.1. The Hall–Kier alpha value is -3.10. The topological polar surface area (TPSA) is 75.0 Å². The van der Waals surface area contributed by atoms with Crippen LogP contribution in [0.2, 0.25) is 0 Å². The lowest BCUT2D eigenvalue weighted by molar-refractivity contribution is 0.132. The Kier molecular flexibility index (Phi) is 5.71. The maximum atomic E-state index is 4.81. The molecule has 0 bridgehead atoms. The van der Waals surface area contributed by atoms with Gasteiger partial charge < -0.3 is 10.2 Å². The molecule has 0 saturated carbocycles.